The van der Waals surface area contributed by atoms with Crippen LogP contribution in [0.5, 0.6) is 0 Å². The SMILES string of the molecule is Nc1nc(N=CN=c2cn2)ccc1-c1ccc[nH]1. The molecule has 18 heavy (non-hydrogen) atoms. The highest BCUT2D eigenvalue weighted by atomic mass is 15.0. The second-order valence-electron chi connectivity index (χ2n) is 3.68. The van der Waals surface area contributed by atoms with Crippen molar-refractivity contribution < 1.29 is 0 Å². The molecule has 0 saturated carbocycles. The lowest BCUT2D eigenvalue weighted by Gasteiger charge is -2.02. The number of hydrogen-bond donors (Lipinski definition) is 2. The van der Waals surface area contributed by atoms with Gasteiger partial charge in [-0.1, -0.05) is 0 Å². The third-order valence-corrected chi connectivity index (χ3v) is 2.42. The number of nitrogen functional groups attached to an aromatic ring is 1. The smallest absolute Gasteiger partial charge is 0.172 e. The molecule has 3 rings (SSSR count). The number of hydrogen-bond acceptors (Lipinski definition) is 4. The summed E-state index contributed by atoms with van der Waals surface area (Å²) in [6, 6.07) is 7.51. The van der Waals surface area contributed by atoms with Gasteiger partial charge in [-0.3, -0.25) is 0 Å². The molecule has 0 spiro atoms. The summed E-state index contributed by atoms with van der Waals surface area (Å²) in [7, 11) is 0. The van der Waals surface area contributed by atoms with E-state index in [0.717, 1.165) is 11.3 Å². The highest BCUT2D eigenvalue weighted by molar-refractivity contribution is 5.73. The van der Waals surface area contributed by atoms with Crippen molar-refractivity contribution in [1.82, 2.24) is 15.0 Å². The molecule has 0 bridgehead atoms. The monoisotopic (exact) mass is 238 g/mol. The van der Waals surface area contributed by atoms with E-state index in [1.165, 1.54) is 6.34 Å². The lowest BCUT2D eigenvalue weighted by molar-refractivity contribution is 1.27. The highest BCUT2D eigenvalue weighted by Crippen LogP contribution is 2.24. The summed E-state index contributed by atoms with van der Waals surface area (Å²) in [6.07, 6.45) is 4.91. The van der Waals surface area contributed by atoms with Gasteiger partial charge in [0.05, 0.1) is 6.20 Å². The molecule has 0 atom stereocenters. The topological polar surface area (TPSA) is 92.3 Å². The van der Waals surface area contributed by atoms with Crippen LogP contribution in [0.4, 0.5) is 11.6 Å². The minimum Gasteiger partial charge on any atom is -0.383 e. The first-order valence-corrected chi connectivity index (χ1v) is 5.37. The molecule has 0 unspecified atom stereocenters. The molecule has 0 fully saturated rings. The molecular weight excluding hydrogens is 228 g/mol. The Morgan fingerprint density at radius 3 is 2.83 bits per heavy atom. The van der Waals surface area contributed by atoms with E-state index >= 15 is 0 Å². The first-order chi connectivity index (χ1) is 8.83. The summed E-state index contributed by atoms with van der Waals surface area (Å²) in [5.41, 5.74) is 8.37. The number of rotatable bonds is 3. The van der Waals surface area contributed by atoms with Gasteiger partial charge in [0, 0.05) is 17.5 Å². The summed E-state index contributed by atoms with van der Waals surface area (Å²) < 4.78 is 0. The Morgan fingerprint density at radius 2 is 2.17 bits per heavy atom. The van der Waals surface area contributed by atoms with Crippen LogP contribution in [0.25, 0.3) is 11.3 Å². The molecule has 88 valence electrons. The molecule has 0 aliphatic rings. The first kappa shape index (κ1) is 10.4. The molecule has 0 aliphatic carbocycles. The average Bonchev–Trinajstić information content (AvgIpc) is 3.03. The minimum absolute atomic E-state index is 0.433. The number of aliphatic imine (C=N–C) groups is 1. The average molecular weight is 238 g/mol. The number of nitrogens with one attached hydrogen (secondary N) is 1. The molecule has 0 saturated heterocycles. The van der Waals surface area contributed by atoms with Crippen LogP contribution < -0.4 is 11.2 Å². The van der Waals surface area contributed by atoms with Crippen molar-refractivity contribution in [2.75, 3.05) is 5.73 Å². The van der Waals surface area contributed by atoms with Gasteiger partial charge in [-0.05, 0) is 24.3 Å². The van der Waals surface area contributed by atoms with Crippen LogP contribution >= 0.6 is 0 Å². The molecule has 0 aromatic carbocycles. The second kappa shape index (κ2) is 4.25. The van der Waals surface area contributed by atoms with Gasteiger partial charge in [-0.25, -0.2) is 20.0 Å². The van der Waals surface area contributed by atoms with Crippen molar-refractivity contribution >= 4 is 18.0 Å². The van der Waals surface area contributed by atoms with Gasteiger partial charge < -0.3 is 10.7 Å². The minimum atomic E-state index is 0.433. The van der Waals surface area contributed by atoms with Gasteiger partial charge >= 0.3 is 0 Å². The molecular formula is C12H10N6. The van der Waals surface area contributed by atoms with Crippen LogP contribution in [0.3, 0.4) is 0 Å². The summed E-state index contributed by atoms with van der Waals surface area (Å²) in [6.45, 7) is 0. The number of anilines is 1. The first-order valence-electron chi connectivity index (χ1n) is 5.37. The Hall–Kier alpha value is -2.76. The largest absolute Gasteiger partial charge is 0.383 e. The molecule has 3 heterocycles. The number of nitrogens with two attached hydrogens (primary N) is 1. The standard InChI is InChI=1S/C12H10N6/c13-12-8(9-2-1-5-14-9)3-4-10(18-12)16-7-17-11-6-15-11/h1-7,14H,(H2,13,18). The Balaban J connectivity index is 1.87. The summed E-state index contributed by atoms with van der Waals surface area (Å²) in [5, 5.41) is 0. The lowest BCUT2D eigenvalue weighted by atomic mass is 10.2. The second-order valence-corrected chi connectivity index (χ2v) is 3.68. The van der Waals surface area contributed by atoms with Crippen molar-refractivity contribution in [3.05, 3.63) is 42.1 Å². The van der Waals surface area contributed by atoms with Crippen molar-refractivity contribution in [3.63, 3.8) is 0 Å². The van der Waals surface area contributed by atoms with E-state index in [2.05, 4.69) is 24.9 Å². The Morgan fingerprint density at radius 1 is 1.28 bits per heavy atom. The van der Waals surface area contributed by atoms with Crippen LogP contribution in [0.2, 0.25) is 0 Å². The molecule has 0 aliphatic heterocycles. The molecule has 3 aromatic rings. The Labute approximate surface area is 103 Å². The van der Waals surface area contributed by atoms with Crippen molar-refractivity contribution in [3.8, 4) is 11.3 Å². The maximum absolute atomic E-state index is 5.89. The zero-order valence-corrected chi connectivity index (χ0v) is 9.41. The maximum atomic E-state index is 5.89. The van der Waals surface area contributed by atoms with Gasteiger partial charge in [0.1, 0.15) is 12.2 Å². The number of pyridine rings is 1. The van der Waals surface area contributed by atoms with E-state index in [0.29, 0.717) is 17.1 Å². The Kier molecular flexibility index (Phi) is 2.45. The van der Waals surface area contributed by atoms with E-state index in [1.54, 1.807) is 12.3 Å². The van der Waals surface area contributed by atoms with E-state index in [4.69, 9.17) is 5.73 Å². The zero-order chi connectivity index (χ0) is 12.4. The highest BCUT2D eigenvalue weighted by Gasteiger charge is 2.04. The predicted octanol–water partition coefficient (Wildman–Crippen LogP) is 1.19. The molecule has 3 N–H and O–H groups in total. The number of H-pyrrole nitrogens is 1. The van der Waals surface area contributed by atoms with Gasteiger partial charge in [0.25, 0.3) is 0 Å². The predicted molar refractivity (Wildman–Crippen MR) is 68.8 cm³/mol. The molecule has 6 nitrogen and oxygen atoms in total. The lowest BCUT2D eigenvalue weighted by Crippen LogP contribution is -1.94. The molecule has 3 aromatic heterocycles. The fourth-order valence-electron chi connectivity index (χ4n) is 1.50. The summed E-state index contributed by atoms with van der Waals surface area (Å²) in [4.78, 5) is 19.1. The van der Waals surface area contributed by atoms with E-state index in [9.17, 15) is 0 Å². The van der Waals surface area contributed by atoms with E-state index in [1.807, 2.05) is 24.4 Å². The van der Waals surface area contributed by atoms with Gasteiger partial charge in [0.15, 0.2) is 11.3 Å². The fourth-order valence-corrected chi connectivity index (χ4v) is 1.50. The normalized spacial score (nSPS) is 12.8. The van der Waals surface area contributed by atoms with Gasteiger partial charge in [-0.2, -0.15) is 0 Å². The van der Waals surface area contributed by atoms with Crippen LogP contribution in [0.1, 0.15) is 0 Å². The van der Waals surface area contributed by atoms with E-state index < -0.39 is 0 Å². The van der Waals surface area contributed by atoms with Crippen LogP contribution in [0.15, 0.2) is 46.6 Å². The maximum Gasteiger partial charge on any atom is 0.172 e. The number of aromatic amines is 1. The van der Waals surface area contributed by atoms with Gasteiger partial charge in [-0.15, -0.1) is 0 Å². The fraction of sp³-hybridized carbons (Fsp3) is 0. The number of aromatic nitrogens is 3. The van der Waals surface area contributed by atoms with Crippen molar-refractivity contribution in [1.29, 1.82) is 0 Å². The third kappa shape index (κ3) is 2.17. The quantitative estimate of drug-likeness (QED) is 0.530. The van der Waals surface area contributed by atoms with Crippen LogP contribution in [-0.4, -0.2) is 21.3 Å². The molecule has 6 heteroatoms. The summed E-state index contributed by atoms with van der Waals surface area (Å²) in [5.74, 6) is 0.954. The molecule has 0 radical (unpaired) electrons. The van der Waals surface area contributed by atoms with Gasteiger partial charge in [0.2, 0.25) is 0 Å². The summed E-state index contributed by atoms with van der Waals surface area (Å²) >= 11 is 0. The zero-order valence-electron chi connectivity index (χ0n) is 9.41. The van der Waals surface area contributed by atoms with Crippen molar-refractivity contribution in [2.45, 2.75) is 0 Å². The molecule has 0 amide bonds. The van der Waals surface area contributed by atoms with E-state index in [-0.39, 0.29) is 0 Å². The number of nitrogens with zero attached hydrogens (tertiary/aromatic N) is 4. The Bertz CT molecular complexity index is 689. The van der Waals surface area contributed by atoms with Crippen LogP contribution in [0, 0.1) is 0 Å². The van der Waals surface area contributed by atoms with Crippen molar-refractivity contribution in [2.24, 2.45) is 9.98 Å². The third-order valence-electron chi connectivity index (χ3n) is 2.42. The van der Waals surface area contributed by atoms with Crippen LogP contribution in [-0.2, 0) is 0 Å².